The van der Waals surface area contributed by atoms with Gasteiger partial charge in [0.25, 0.3) is 17.7 Å². The molecule has 12 aromatic carbocycles. The summed E-state index contributed by atoms with van der Waals surface area (Å²) in [7, 11) is 0. The van der Waals surface area contributed by atoms with E-state index in [0.29, 0.717) is 22.5 Å². The number of rotatable bonds is 3. The number of anilines is 6. The van der Waals surface area contributed by atoms with E-state index < -0.39 is 0 Å². The first-order valence-corrected chi connectivity index (χ1v) is 31.0. The maximum Gasteiger partial charge on any atom is 0.264 e. The van der Waals surface area contributed by atoms with Crippen LogP contribution in [-0.4, -0.2) is 50.9 Å². The van der Waals surface area contributed by atoms with Crippen molar-refractivity contribution in [1.82, 2.24) is 33.2 Å². The van der Waals surface area contributed by atoms with E-state index in [4.69, 9.17) is 19.7 Å². The van der Waals surface area contributed by atoms with E-state index in [1.165, 1.54) is 20.6 Å². The number of para-hydroxylation sites is 14. The Morgan fingerprint density at radius 1 is 0.283 bits per heavy atom. The summed E-state index contributed by atoms with van der Waals surface area (Å²) in [4.78, 5) is 60.6. The van der Waals surface area contributed by atoms with Gasteiger partial charge in [-0.25, -0.2) is 15.0 Å². The Balaban J connectivity index is 0.0000000987. The van der Waals surface area contributed by atoms with Gasteiger partial charge in [0.15, 0.2) is 11.5 Å². The maximum absolute atomic E-state index is 13.2. The van der Waals surface area contributed by atoms with Gasteiger partial charge in [0.05, 0.1) is 83.6 Å². The molecule has 13 nitrogen and oxygen atoms in total. The highest BCUT2D eigenvalue weighted by Crippen LogP contribution is 2.54. The molecule has 5 aliphatic rings. The molecule has 0 radical (unpaired) electrons. The Kier molecular flexibility index (Phi) is 11.1. The number of fused-ring (bicyclic) bond motifs is 22. The number of ether oxygens (including phenoxy) is 1. The van der Waals surface area contributed by atoms with Crippen molar-refractivity contribution >= 4 is 119 Å². The van der Waals surface area contributed by atoms with Gasteiger partial charge < -0.3 is 19.1 Å². The number of benzene rings is 12. The second kappa shape index (κ2) is 19.8. The molecule has 21 rings (SSSR count). The van der Waals surface area contributed by atoms with Gasteiger partial charge in [-0.05, 0) is 152 Å². The lowest BCUT2D eigenvalue weighted by Gasteiger charge is -2.33. The summed E-state index contributed by atoms with van der Waals surface area (Å²) in [5.74, 6) is 3.67. The van der Waals surface area contributed by atoms with Gasteiger partial charge in [-0.1, -0.05) is 133 Å². The first-order chi connectivity index (χ1) is 45.4. The number of carbonyl (C=O) groups is 3. The van der Waals surface area contributed by atoms with Crippen LogP contribution in [0.1, 0.15) is 31.1 Å². The third-order valence-corrected chi connectivity index (χ3v) is 19.1. The van der Waals surface area contributed by atoms with E-state index in [9.17, 15) is 14.4 Å². The standard InChI is InChI=1S/C26H15N3O2.C26H15N3OS.C26H15N3O/c2*30-26-17-14-13-16(15-18(17)25-27-19-7-1-2-8-20(19)29(25)26)28-21-9-3-5-11-23(21)31-24-12-6-4-10-22(24)28;30-26-19-14-13-16(15-20(19)25-27-21-9-3-6-12-24(21)29(25)26)28-22-10-4-1-7-17(22)18-8-2-5-11-23(18)28/h2*1-15H;1-15H. The minimum atomic E-state index is -0.0342. The van der Waals surface area contributed by atoms with Crippen molar-refractivity contribution in [1.29, 1.82) is 0 Å². The van der Waals surface area contributed by atoms with Gasteiger partial charge in [0.2, 0.25) is 0 Å². The first-order valence-electron chi connectivity index (χ1n) is 30.2. The van der Waals surface area contributed by atoms with Crippen molar-refractivity contribution in [2.75, 3.05) is 9.80 Å². The molecule has 0 spiro atoms. The summed E-state index contributed by atoms with van der Waals surface area (Å²) in [6, 6.07) is 91.1. The van der Waals surface area contributed by atoms with E-state index in [-0.39, 0.29) is 17.7 Å². The first kappa shape index (κ1) is 51.6. The third-order valence-electron chi connectivity index (χ3n) is 17.9. The third kappa shape index (κ3) is 7.55. The molecular formula is C78H45N9O4S. The van der Waals surface area contributed by atoms with Crippen molar-refractivity contribution in [2.45, 2.75) is 9.79 Å². The molecule has 0 atom stereocenters. The summed E-state index contributed by atoms with van der Waals surface area (Å²) in [6.07, 6.45) is 0. The molecule has 92 heavy (non-hydrogen) atoms. The lowest BCUT2D eigenvalue weighted by Crippen LogP contribution is -2.15. The highest BCUT2D eigenvalue weighted by atomic mass is 32.2. The lowest BCUT2D eigenvalue weighted by molar-refractivity contribution is 0.0965. The van der Waals surface area contributed by atoms with Gasteiger partial charge in [-0.15, -0.1) is 0 Å². The summed E-state index contributed by atoms with van der Waals surface area (Å²) in [5, 5.41) is 2.44. The zero-order valence-corrected chi connectivity index (χ0v) is 49.4. The van der Waals surface area contributed by atoms with Crippen LogP contribution >= 0.6 is 11.8 Å². The zero-order valence-electron chi connectivity index (χ0n) is 48.5. The normalized spacial score (nSPS) is 13.3. The number of nitrogens with zero attached hydrogens (tertiary/aromatic N) is 9. The molecule has 0 unspecified atom stereocenters. The monoisotopic (exact) mass is 1200 g/mol. The molecule has 16 aromatic rings. The van der Waals surface area contributed by atoms with Gasteiger partial charge in [0, 0.05) is 54.3 Å². The average molecular weight is 1200 g/mol. The van der Waals surface area contributed by atoms with Crippen LogP contribution in [-0.2, 0) is 0 Å². The van der Waals surface area contributed by atoms with Crippen LogP contribution in [0.25, 0.3) is 94.8 Å². The van der Waals surface area contributed by atoms with E-state index in [1.807, 2.05) is 158 Å². The number of imidazole rings is 3. The maximum atomic E-state index is 13.2. The fourth-order valence-corrected chi connectivity index (χ4v) is 15.0. The summed E-state index contributed by atoms with van der Waals surface area (Å²) in [5.41, 5.74) is 19.2. The predicted octanol–water partition coefficient (Wildman–Crippen LogP) is 18.7. The highest BCUT2D eigenvalue weighted by Gasteiger charge is 2.36. The number of carbonyl (C=O) groups excluding carboxylic acids is 3. The van der Waals surface area contributed by atoms with Gasteiger partial charge in [-0.2, -0.15) is 0 Å². The molecule has 9 heterocycles. The Morgan fingerprint density at radius 2 is 0.609 bits per heavy atom. The van der Waals surface area contributed by atoms with Crippen LogP contribution in [0, 0.1) is 0 Å². The topological polar surface area (TPSA) is 125 Å². The molecule has 0 N–H and O–H groups in total. The van der Waals surface area contributed by atoms with Crippen molar-refractivity contribution in [3.8, 4) is 51.3 Å². The lowest BCUT2D eigenvalue weighted by atomic mass is 10.1. The van der Waals surface area contributed by atoms with Crippen molar-refractivity contribution < 1.29 is 19.1 Å². The zero-order chi connectivity index (χ0) is 60.9. The minimum absolute atomic E-state index is 0.0116. The van der Waals surface area contributed by atoms with Crippen LogP contribution in [0.4, 0.5) is 34.1 Å². The Hall–Kier alpha value is -12.4. The average Bonchev–Trinajstić information content (AvgIpc) is 1.54. The largest absolute Gasteiger partial charge is 0.453 e. The molecule has 0 aliphatic carbocycles. The molecule has 432 valence electrons. The van der Waals surface area contributed by atoms with Crippen LogP contribution < -0.4 is 14.5 Å². The van der Waals surface area contributed by atoms with Crippen LogP contribution in [0.5, 0.6) is 11.5 Å². The Bertz CT molecular complexity index is 5530. The molecule has 5 aliphatic heterocycles. The molecule has 14 heteroatoms. The number of hydrogen-bond donors (Lipinski definition) is 0. The molecule has 0 bridgehead atoms. The highest BCUT2D eigenvalue weighted by molar-refractivity contribution is 7.99. The predicted molar refractivity (Wildman–Crippen MR) is 363 cm³/mol. The van der Waals surface area contributed by atoms with Gasteiger partial charge in [-0.3, -0.25) is 28.1 Å². The van der Waals surface area contributed by atoms with E-state index >= 15 is 0 Å². The molecule has 4 aromatic heterocycles. The van der Waals surface area contributed by atoms with Gasteiger partial charge >= 0.3 is 0 Å². The van der Waals surface area contributed by atoms with Crippen LogP contribution in [0.2, 0.25) is 0 Å². The van der Waals surface area contributed by atoms with Crippen molar-refractivity contribution in [3.05, 3.63) is 290 Å². The Morgan fingerprint density at radius 3 is 1.04 bits per heavy atom. The quantitative estimate of drug-likeness (QED) is 0.169. The second-order valence-corrected chi connectivity index (χ2v) is 24.1. The smallest absolute Gasteiger partial charge is 0.264 e. The second-order valence-electron chi connectivity index (χ2n) is 23.0. The summed E-state index contributed by atoms with van der Waals surface area (Å²) in [6.45, 7) is 0. The van der Waals surface area contributed by atoms with Crippen molar-refractivity contribution in [3.63, 3.8) is 0 Å². The molecule has 0 fully saturated rings. The molecule has 0 amide bonds. The number of aromatic nitrogens is 7. The minimum Gasteiger partial charge on any atom is -0.453 e. The van der Waals surface area contributed by atoms with E-state index in [2.05, 4.69) is 130 Å². The molecular weight excluding hydrogens is 1160 g/mol. The summed E-state index contributed by atoms with van der Waals surface area (Å²) >= 11 is 1.79. The molecule has 0 saturated heterocycles. The van der Waals surface area contributed by atoms with Gasteiger partial charge in [0.1, 0.15) is 17.5 Å². The van der Waals surface area contributed by atoms with Crippen LogP contribution in [0.3, 0.4) is 0 Å². The fourth-order valence-electron chi connectivity index (χ4n) is 13.9. The Labute approximate surface area is 528 Å². The summed E-state index contributed by atoms with van der Waals surface area (Å²) < 4.78 is 13.6. The van der Waals surface area contributed by atoms with E-state index in [1.54, 1.807) is 25.5 Å². The van der Waals surface area contributed by atoms with Crippen LogP contribution in [0.15, 0.2) is 283 Å². The number of hydrogen-bond acceptors (Lipinski definition) is 10. The fraction of sp³-hybridized carbons (Fsp3) is 0. The van der Waals surface area contributed by atoms with E-state index in [0.717, 1.165) is 124 Å². The van der Waals surface area contributed by atoms with Crippen molar-refractivity contribution in [2.24, 2.45) is 0 Å². The molecule has 0 saturated carbocycles. The SMILES string of the molecule is O=C1c2ccc(-n3c4ccccc4c4ccccc43)cc2-c2nc3ccccc3n21.O=C1c2ccc(N3c4ccccc4Oc4ccccc43)cc2-c2nc3ccccc3n21.O=C1c2ccc(N3c4ccccc4Sc4ccccc43)cc2-c2nc3ccccc3n21.